The molecule has 0 radical (unpaired) electrons. The SMILES string of the molecule is Oc1ccc(C(c2ccc(O)cc2)c2ccc(-c3cccc(-c4ccc(C(c5ccc(O)cc5)c5ccc(O)cc5)cc4)c3)cc2)cc1. The van der Waals surface area contributed by atoms with Crippen LogP contribution in [-0.2, 0) is 0 Å². The Hall–Kier alpha value is -6.26. The van der Waals surface area contributed by atoms with E-state index >= 15 is 0 Å². The first-order chi connectivity index (χ1) is 23.4. The van der Waals surface area contributed by atoms with Gasteiger partial charge < -0.3 is 20.4 Å². The molecule has 0 aliphatic rings. The maximum atomic E-state index is 9.88. The molecular weight excluding hydrogens is 592 g/mol. The van der Waals surface area contributed by atoms with Crippen molar-refractivity contribution in [3.8, 4) is 45.3 Å². The first kappa shape index (κ1) is 30.4. The average molecular weight is 627 g/mol. The fourth-order valence-electron chi connectivity index (χ4n) is 6.44. The molecule has 0 unspecified atom stereocenters. The fourth-order valence-corrected chi connectivity index (χ4v) is 6.44. The predicted octanol–water partition coefficient (Wildman–Crippen LogP) is 10.2. The van der Waals surface area contributed by atoms with Gasteiger partial charge in [0.1, 0.15) is 23.0 Å². The zero-order chi connectivity index (χ0) is 33.0. The van der Waals surface area contributed by atoms with Crippen molar-refractivity contribution in [1.82, 2.24) is 0 Å². The Kier molecular flexibility index (Phi) is 8.38. The summed E-state index contributed by atoms with van der Waals surface area (Å²) in [6.07, 6.45) is 0. The third-order valence-electron chi connectivity index (χ3n) is 8.92. The van der Waals surface area contributed by atoms with Crippen molar-refractivity contribution in [2.24, 2.45) is 0 Å². The van der Waals surface area contributed by atoms with E-state index in [4.69, 9.17) is 0 Å². The van der Waals surface area contributed by atoms with E-state index in [2.05, 4.69) is 72.8 Å². The second kappa shape index (κ2) is 13.2. The molecule has 4 nitrogen and oxygen atoms in total. The Bertz CT molecular complexity index is 1870. The Morgan fingerprint density at radius 3 is 0.729 bits per heavy atom. The van der Waals surface area contributed by atoms with Gasteiger partial charge in [0.25, 0.3) is 0 Å². The van der Waals surface area contributed by atoms with Crippen LogP contribution in [0.25, 0.3) is 22.3 Å². The van der Waals surface area contributed by atoms with Crippen LogP contribution in [0.2, 0.25) is 0 Å². The number of phenolic OH excluding ortho intramolecular Hbond substituents is 4. The van der Waals surface area contributed by atoms with Crippen molar-refractivity contribution in [1.29, 1.82) is 0 Å². The zero-order valence-corrected chi connectivity index (χ0v) is 26.1. The summed E-state index contributed by atoms with van der Waals surface area (Å²) in [5.41, 5.74) is 10.9. The summed E-state index contributed by atoms with van der Waals surface area (Å²) in [5, 5.41) is 39.5. The van der Waals surface area contributed by atoms with Crippen LogP contribution in [0.15, 0.2) is 170 Å². The largest absolute Gasteiger partial charge is 0.508 e. The van der Waals surface area contributed by atoms with Crippen LogP contribution >= 0.6 is 0 Å². The third kappa shape index (κ3) is 6.51. The van der Waals surface area contributed by atoms with Crippen LogP contribution in [0.4, 0.5) is 0 Å². The van der Waals surface area contributed by atoms with Crippen molar-refractivity contribution < 1.29 is 20.4 Å². The van der Waals surface area contributed by atoms with Crippen molar-refractivity contribution in [3.05, 3.63) is 203 Å². The van der Waals surface area contributed by atoms with Crippen molar-refractivity contribution in [2.75, 3.05) is 0 Å². The van der Waals surface area contributed by atoms with Gasteiger partial charge in [0.05, 0.1) is 0 Å². The van der Waals surface area contributed by atoms with E-state index < -0.39 is 0 Å². The topological polar surface area (TPSA) is 80.9 Å². The van der Waals surface area contributed by atoms with E-state index in [-0.39, 0.29) is 34.8 Å². The molecule has 0 aromatic heterocycles. The van der Waals surface area contributed by atoms with Gasteiger partial charge in [0.2, 0.25) is 0 Å². The highest BCUT2D eigenvalue weighted by atomic mass is 16.3. The molecule has 7 aromatic rings. The number of phenols is 4. The summed E-state index contributed by atoms with van der Waals surface area (Å²) in [5.74, 6) is 0.782. The molecule has 48 heavy (non-hydrogen) atoms. The smallest absolute Gasteiger partial charge is 0.115 e. The second-order valence-corrected chi connectivity index (χ2v) is 12.1. The molecule has 0 amide bonds. The van der Waals surface area contributed by atoms with Gasteiger partial charge in [-0.1, -0.05) is 115 Å². The minimum Gasteiger partial charge on any atom is -0.508 e. The molecule has 0 saturated carbocycles. The molecule has 0 bridgehead atoms. The number of hydrogen-bond acceptors (Lipinski definition) is 4. The molecule has 4 heteroatoms. The Morgan fingerprint density at radius 2 is 0.479 bits per heavy atom. The van der Waals surface area contributed by atoms with Gasteiger partial charge in [0, 0.05) is 11.8 Å². The Labute approximate surface area is 280 Å². The van der Waals surface area contributed by atoms with Crippen LogP contribution in [0.3, 0.4) is 0 Å². The highest BCUT2D eigenvalue weighted by Gasteiger charge is 2.19. The lowest BCUT2D eigenvalue weighted by Crippen LogP contribution is -2.03. The Balaban J connectivity index is 1.17. The lowest BCUT2D eigenvalue weighted by Gasteiger charge is -2.20. The minimum absolute atomic E-state index is 0.0583. The molecule has 4 N–H and O–H groups in total. The van der Waals surface area contributed by atoms with Crippen LogP contribution in [-0.4, -0.2) is 20.4 Å². The van der Waals surface area contributed by atoms with E-state index in [1.165, 1.54) is 0 Å². The molecular formula is C44H34O4. The normalized spacial score (nSPS) is 11.2. The number of hydrogen-bond donors (Lipinski definition) is 4. The van der Waals surface area contributed by atoms with Crippen LogP contribution < -0.4 is 0 Å². The van der Waals surface area contributed by atoms with Gasteiger partial charge in [-0.25, -0.2) is 0 Å². The molecule has 234 valence electrons. The summed E-state index contributed by atoms with van der Waals surface area (Å²) in [6, 6.07) is 54.8. The van der Waals surface area contributed by atoms with E-state index in [9.17, 15) is 20.4 Å². The second-order valence-electron chi connectivity index (χ2n) is 12.1. The van der Waals surface area contributed by atoms with Gasteiger partial charge in [-0.3, -0.25) is 0 Å². The lowest BCUT2D eigenvalue weighted by molar-refractivity contribution is 0.474. The van der Waals surface area contributed by atoms with Gasteiger partial charge in [-0.2, -0.15) is 0 Å². The highest BCUT2D eigenvalue weighted by Crippen LogP contribution is 2.37. The Morgan fingerprint density at radius 1 is 0.250 bits per heavy atom. The molecule has 7 aromatic carbocycles. The molecule has 0 atom stereocenters. The van der Waals surface area contributed by atoms with Crippen molar-refractivity contribution in [3.63, 3.8) is 0 Å². The number of aromatic hydroxyl groups is 4. The molecule has 0 saturated heterocycles. The van der Waals surface area contributed by atoms with Crippen LogP contribution in [0.5, 0.6) is 23.0 Å². The van der Waals surface area contributed by atoms with E-state index in [1.54, 1.807) is 48.5 Å². The summed E-state index contributed by atoms with van der Waals surface area (Å²) < 4.78 is 0. The third-order valence-corrected chi connectivity index (χ3v) is 8.92. The summed E-state index contributed by atoms with van der Waals surface area (Å²) in [6.45, 7) is 0. The zero-order valence-electron chi connectivity index (χ0n) is 26.1. The molecule has 0 aliphatic heterocycles. The minimum atomic E-state index is -0.0583. The maximum absolute atomic E-state index is 9.88. The van der Waals surface area contributed by atoms with E-state index in [0.717, 1.165) is 55.6 Å². The van der Waals surface area contributed by atoms with Gasteiger partial charge in [-0.15, -0.1) is 0 Å². The molecule has 0 aliphatic carbocycles. The fraction of sp³-hybridized carbons (Fsp3) is 0.0455. The van der Waals surface area contributed by atoms with Crippen LogP contribution in [0, 0.1) is 0 Å². The monoisotopic (exact) mass is 626 g/mol. The average Bonchev–Trinajstić information content (AvgIpc) is 3.12. The lowest BCUT2D eigenvalue weighted by atomic mass is 9.84. The maximum Gasteiger partial charge on any atom is 0.115 e. The summed E-state index contributed by atoms with van der Waals surface area (Å²) in [4.78, 5) is 0. The molecule has 0 heterocycles. The van der Waals surface area contributed by atoms with Crippen LogP contribution in [0.1, 0.15) is 45.2 Å². The van der Waals surface area contributed by atoms with Crippen molar-refractivity contribution in [2.45, 2.75) is 11.8 Å². The highest BCUT2D eigenvalue weighted by molar-refractivity contribution is 5.73. The molecule has 0 spiro atoms. The summed E-state index contributed by atoms with van der Waals surface area (Å²) in [7, 11) is 0. The number of rotatable bonds is 8. The van der Waals surface area contributed by atoms with Gasteiger partial charge in [0.15, 0.2) is 0 Å². The first-order valence-corrected chi connectivity index (χ1v) is 15.9. The quantitative estimate of drug-likeness (QED) is 0.127. The summed E-state index contributed by atoms with van der Waals surface area (Å²) >= 11 is 0. The van der Waals surface area contributed by atoms with E-state index in [1.807, 2.05) is 48.5 Å². The standard InChI is InChI=1S/C44H34O4/c45-39-20-12-33(13-21-39)43(34-14-22-40(46)23-15-34)31-8-4-29(5-9-31)37-2-1-3-38(28-37)30-6-10-32(11-7-30)44(35-16-24-41(47)25-17-35)36-18-26-42(48)27-19-36/h1-28,43-48H. The van der Waals surface area contributed by atoms with Gasteiger partial charge in [-0.05, 0) is 110 Å². The molecule has 0 fully saturated rings. The number of benzene rings is 7. The van der Waals surface area contributed by atoms with Crippen molar-refractivity contribution >= 4 is 0 Å². The molecule has 7 rings (SSSR count). The van der Waals surface area contributed by atoms with Gasteiger partial charge >= 0.3 is 0 Å². The predicted molar refractivity (Wildman–Crippen MR) is 192 cm³/mol. The first-order valence-electron chi connectivity index (χ1n) is 15.9. The van der Waals surface area contributed by atoms with E-state index in [0.29, 0.717) is 0 Å².